The summed E-state index contributed by atoms with van der Waals surface area (Å²) in [6, 6.07) is 0. The van der Waals surface area contributed by atoms with Crippen molar-refractivity contribution in [1.29, 1.82) is 0 Å². The highest BCUT2D eigenvalue weighted by Gasteiger charge is 2.59. The number of allylic oxidation sites excluding steroid dienone is 1. The van der Waals surface area contributed by atoms with Crippen molar-refractivity contribution in [1.82, 2.24) is 0 Å². The summed E-state index contributed by atoms with van der Waals surface area (Å²) in [5, 5.41) is 10.2. The molecule has 0 heterocycles. The monoisotopic (exact) mass is 388 g/mol. The molecular formula is C27H46O. The highest BCUT2D eigenvalue weighted by Crippen LogP contribution is 2.67. The molecule has 0 aromatic carbocycles. The summed E-state index contributed by atoms with van der Waals surface area (Å²) in [7, 11) is 0. The number of hydrogen-bond acceptors (Lipinski definition) is 1. The summed E-state index contributed by atoms with van der Waals surface area (Å²) in [5.41, 5.74) is 2.13. The Balaban J connectivity index is 1.54. The third-order valence-electron chi connectivity index (χ3n) is 10.1. The second-order valence-electron chi connectivity index (χ2n) is 12.0. The fraction of sp³-hybridized carbons (Fsp3) is 0.926. The van der Waals surface area contributed by atoms with E-state index in [1.165, 1.54) is 50.5 Å². The Bertz CT molecular complexity index is 626. The van der Waals surface area contributed by atoms with Gasteiger partial charge in [-0.25, -0.2) is 0 Å². The van der Waals surface area contributed by atoms with E-state index in [1.807, 2.05) is 0 Å². The standard InChI is InChI=1S/C27H46O/c1-18(2)7-6-8-19(3)23-11-12-24-22-10-9-20-17-21(28)13-15-26(20,4)25(22)14-16-27(23,24)5/h9,18-19,21-25,28H,6-8,10-17H2,1-5H3/t19-,21+,22+,23-,24+,25+,26+,27-/m1/s1/i10T/t10?,19-,21+,22+,23-,24+,25+,26+,27-. The summed E-state index contributed by atoms with van der Waals surface area (Å²) in [5.74, 6) is 4.48. The molecule has 9 atom stereocenters. The van der Waals surface area contributed by atoms with Gasteiger partial charge < -0.3 is 5.11 Å². The SMILES string of the molecule is [3H]C1C=C2C[C@@H](O)CC[C@]2(C)[C@H]2CC[C@]3(C)[C@@H]([C@H](C)CCCC(C)C)CC[C@H]3[C@H]12. The first-order valence-electron chi connectivity index (χ1n) is 13.1. The first kappa shape index (κ1) is 19.7. The molecule has 3 saturated carbocycles. The van der Waals surface area contributed by atoms with Crippen molar-refractivity contribution in [2.24, 2.45) is 46.3 Å². The predicted octanol–water partition coefficient (Wildman–Crippen LogP) is 7.39. The highest BCUT2D eigenvalue weighted by atomic mass is 16.3. The van der Waals surface area contributed by atoms with Crippen LogP contribution in [0.5, 0.6) is 0 Å². The molecule has 0 aliphatic heterocycles. The lowest BCUT2D eigenvalue weighted by Crippen LogP contribution is -2.50. The molecule has 0 radical (unpaired) electrons. The van der Waals surface area contributed by atoms with Crippen LogP contribution in [0, 0.1) is 46.3 Å². The zero-order valence-corrected chi connectivity index (χ0v) is 19.2. The number of rotatable bonds is 5. The Morgan fingerprint density at radius 3 is 2.61 bits per heavy atom. The molecule has 4 aliphatic rings. The van der Waals surface area contributed by atoms with Gasteiger partial charge in [0.15, 0.2) is 0 Å². The topological polar surface area (TPSA) is 20.2 Å². The van der Waals surface area contributed by atoms with Crippen molar-refractivity contribution in [2.75, 3.05) is 0 Å². The Hall–Kier alpha value is -0.300. The molecule has 1 N–H and O–H groups in total. The normalized spacial score (nSPS) is 49.7. The summed E-state index contributed by atoms with van der Waals surface area (Å²) >= 11 is 0. The maximum Gasteiger partial charge on any atom is 0.0577 e. The highest BCUT2D eigenvalue weighted by molar-refractivity contribution is 5.25. The third kappa shape index (κ3) is 3.42. The summed E-state index contributed by atoms with van der Waals surface area (Å²) in [4.78, 5) is 0. The van der Waals surface area contributed by atoms with Crippen molar-refractivity contribution >= 4 is 0 Å². The lowest BCUT2D eigenvalue weighted by atomic mass is 9.47. The smallest absolute Gasteiger partial charge is 0.0577 e. The number of aliphatic hydroxyl groups is 1. The van der Waals surface area contributed by atoms with E-state index in [2.05, 4.69) is 40.7 Å². The second kappa shape index (κ2) is 7.75. The summed E-state index contributed by atoms with van der Waals surface area (Å²) in [6.45, 7) is 12.3. The minimum absolute atomic E-state index is 0.0482. The van der Waals surface area contributed by atoms with Crippen LogP contribution in [0.2, 0.25) is 0 Å². The van der Waals surface area contributed by atoms with Crippen molar-refractivity contribution in [3.05, 3.63) is 11.6 Å². The lowest BCUT2D eigenvalue weighted by molar-refractivity contribution is -0.0573. The van der Waals surface area contributed by atoms with Crippen LogP contribution in [-0.4, -0.2) is 11.2 Å². The van der Waals surface area contributed by atoms with Gasteiger partial charge in [0.1, 0.15) is 0 Å². The van der Waals surface area contributed by atoms with Gasteiger partial charge in [0.2, 0.25) is 0 Å². The minimum Gasteiger partial charge on any atom is -0.393 e. The van der Waals surface area contributed by atoms with E-state index in [0.717, 1.165) is 42.9 Å². The summed E-state index contributed by atoms with van der Waals surface area (Å²) in [6.07, 6.45) is 14.6. The van der Waals surface area contributed by atoms with Gasteiger partial charge in [0.05, 0.1) is 6.10 Å². The average molecular weight is 389 g/mol. The fourth-order valence-electron chi connectivity index (χ4n) is 8.36. The molecule has 4 rings (SSSR count). The van der Waals surface area contributed by atoms with Gasteiger partial charge in [0, 0.05) is 1.37 Å². The van der Waals surface area contributed by atoms with Crippen LogP contribution < -0.4 is 0 Å². The van der Waals surface area contributed by atoms with Crippen LogP contribution in [-0.2, 0) is 0 Å². The van der Waals surface area contributed by atoms with Crippen LogP contribution in [0.3, 0.4) is 0 Å². The van der Waals surface area contributed by atoms with E-state index in [-0.39, 0.29) is 17.9 Å². The molecular weight excluding hydrogens is 340 g/mol. The van der Waals surface area contributed by atoms with E-state index in [9.17, 15) is 5.11 Å². The fourth-order valence-corrected chi connectivity index (χ4v) is 8.36. The predicted molar refractivity (Wildman–Crippen MR) is 119 cm³/mol. The molecule has 160 valence electrons. The molecule has 4 aliphatic carbocycles. The zero-order chi connectivity index (χ0) is 21.0. The molecule has 1 nitrogen and oxygen atoms in total. The van der Waals surface area contributed by atoms with Crippen molar-refractivity contribution in [3.8, 4) is 0 Å². The van der Waals surface area contributed by atoms with E-state index in [1.54, 1.807) is 0 Å². The first-order valence-corrected chi connectivity index (χ1v) is 12.5. The number of hydrogen-bond donors (Lipinski definition) is 1. The first-order chi connectivity index (χ1) is 13.7. The Kier molecular flexibility index (Phi) is 5.44. The largest absolute Gasteiger partial charge is 0.393 e. The van der Waals surface area contributed by atoms with Crippen LogP contribution in [0.15, 0.2) is 11.6 Å². The van der Waals surface area contributed by atoms with Gasteiger partial charge in [-0.05, 0) is 97.7 Å². The lowest BCUT2D eigenvalue weighted by Gasteiger charge is -2.58. The van der Waals surface area contributed by atoms with E-state index < -0.39 is 0 Å². The van der Waals surface area contributed by atoms with Crippen LogP contribution in [0.25, 0.3) is 0 Å². The van der Waals surface area contributed by atoms with Gasteiger partial charge in [-0.15, -0.1) is 0 Å². The molecule has 0 bridgehead atoms. The Morgan fingerprint density at radius 1 is 1.07 bits per heavy atom. The van der Waals surface area contributed by atoms with Gasteiger partial charge >= 0.3 is 0 Å². The number of fused-ring (bicyclic) bond motifs is 5. The molecule has 0 aromatic rings. The van der Waals surface area contributed by atoms with Crippen LogP contribution in [0.4, 0.5) is 0 Å². The summed E-state index contributed by atoms with van der Waals surface area (Å²) < 4.78 is 9.08. The van der Waals surface area contributed by atoms with Crippen molar-refractivity contribution < 1.29 is 6.48 Å². The number of aliphatic hydroxyl groups excluding tert-OH is 1. The third-order valence-corrected chi connectivity index (χ3v) is 10.1. The molecule has 0 amide bonds. The van der Waals surface area contributed by atoms with Gasteiger partial charge in [0.25, 0.3) is 0 Å². The van der Waals surface area contributed by atoms with E-state index in [4.69, 9.17) is 1.37 Å². The molecule has 1 heteroatoms. The van der Waals surface area contributed by atoms with Gasteiger partial charge in [-0.3, -0.25) is 0 Å². The minimum atomic E-state index is -0.172. The molecule has 0 aromatic heterocycles. The van der Waals surface area contributed by atoms with Gasteiger partial charge in [-0.1, -0.05) is 65.5 Å². The van der Waals surface area contributed by atoms with Gasteiger partial charge in [-0.2, -0.15) is 0 Å². The second-order valence-corrected chi connectivity index (χ2v) is 12.0. The van der Waals surface area contributed by atoms with Crippen molar-refractivity contribution in [3.63, 3.8) is 0 Å². The van der Waals surface area contributed by atoms with Crippen molar-refractivity contribution in [2.45, 2.75) is 111 Å². The molecule has 0 saturated heterocycles. The average Bonchev–Trinajstić information content (AvgIpc) is 3.00. The van der Waals surface area contributed by atoms with E-state index in [0.29, 0.717) is 17.3 Å². The Labute approximate surface area is 176 Å². The Morgan fingerprint density at radius 2 is 1.86 bits per heavy atom. The molecule has 1 unspecified atom stereocenters. The maximum absolute atomic E-state index is 10.2. The maximum atomic E-state index is 10.2. The van der Waals surface area contributed by atoms with Crippen LogP contribution >= 0.6 is 0 Å². The molecule has 28 heavy (non-hydrogen) atoms. The molecule has 0 spiro atoms. The molecule has 3 fully saturated rings. The van der Waals surface area contributed by atoms with Crippen LogP contribution in [0.1, 0.15) is 107 Å². The van der Waals surface area contributed by atoms with E-state index >= 15 is 0 Å². The quantitative estimate of drug-likeness (QED) is 0.487. The zero-order valence-electron chi connectivity index (χ0n) is 20.2.